The van der Waals surface area contributed by atoms with E-state index in [1.807, 2.05) is 0 Å². The number of hydrogen-bond donors (Lipinski definition) is 1. The molecule has 0 aliphatic rings. The van der Waals surface area contributed by atoms with Crippen LogP contribution in [0.4, 0.5) is 0 Å². The van der Waals surface area contributed by atoms with E-state index in [1.54, 1.807) is 37.3 Å². The van der Waals surface area contributed by atoms with Gasteiger partial charge in [0.2, 0.25) is 15.9 Å². The third-order valence-corrected chi connectivity index (χ3v) is 4.75. The molecule has 0 spiro atoms. The number of sulfonamides is 1. The van der Waals surface area contributed by atoms with Crippen molar-refractivity contribution in [1.82, 2.24) is 9.62 Å². The molecule has 1 aromatic carbocycles. The number of hydrogen-bond acceptors (Lipinski definition) is 5. The molecule has 0 atom stereocenters. The third-order valence-electron chi connectivity index (χ3n) is 3.32. The summed E-state index contributed by atoms with van der Waals surface area (Å²) >= 11 is 0. The van der Waals surface area contributed by atoms with Crippen molar-refractivity contribution in [1.29, 1.82) is 0 Å². The molecule has 24 heavy (non-hydrogen) atoms. The topological polar surface area (TPSA) is 84.9 Å². The summed E-state index contributed by atoms with van der Waals surface area (Å²) in [6.45, 7) is 1.84. The summed E-state index contributed by atoms with van der Waals surface area (Å²) in [5.41, 5.74) is 0.733. The van der Waals surface area contributed by atoms with Crippen molar-refractivity contribution < 1.29 is 22.7 Å². The predicted molar refractivity (Wildman–Crippen MR) is 92.1 cm³/mol. The fourth-order valence-electron chi connectivity index (χ4n) is 1.88. The molecule has 0 aliphatic heterocycles. The van der Waals surface area contributed by atoms with Crippen molar-refractivity contribution in [3.05, 3.63) is 35.9 Å². The van der Waals surface area contributed by atoms with Gasteiger partial charge in [0, 0.05) is 33.4 Å². The van der Waals surface area contributed by atoms with Crippen LogP contribution in [0.5, 0.6) is 0 Å². The summed E-state index contributed by atoms with van der Waals surface area (Å²) in [7, 11) is 1.06. The Morgan fingerprint density at radius 3 is 2.12 bits per heavy atom. The molecular formula is C16H24N2O5S. The van der Waals surface area contributed by atoms with Gasteiger partial charge in [-0.05, 0) is 30.8 Å². The van der Waals surface area contributed by atoms with Crippen molar-refractivity contribution >= 4 is 22.0 Å². The minimum absolute atomic E-state index is 0.156. The number of carbonyl (C=O) groups excluding carboxylic acids is 1. The minimum Gasteiger partial charge on any atom is -0.383 e. The second-order valence-electron chi connectivity index (χ2n) is 4.92. The molecule has 0 heterocycles. The fourth-order valence-corrected chi connectivity index (χ4v) is 2.61. The maximum absolute atomic E-state index is 12.2. The second-order valence-corrected chi connectivity index (χ2v) is 6.81. The van der Waals surface area contributed by atoms with E-state index in [0.717, 1.165) is 5.56 Å². The van der Waals surface area contributed by atoms with E-state index in [0.29, 0.717) is 26.3 Å². The molecule has 1 N–H and O–H groups in total. The second kappa shape index (κ2) is 10.2. The normalized spacial score (nSPS) is 11.8. The summed E-state index contributed by atoms with van der Waals surface area (Å²) in [5.74, 6) is -0.156. The monoisotopic (exact) mass is 356 g/mol. The van der Waals surface area contributed by atoms with Crippen LogP contribution in [0.3, 0.4) is 0 Å². The molecule has 1 aromatic rings. The summed E-state index contributed by atoms with van der Waals surface area (Å²) in [6, 6.07) is 6.26. The number of nitrogens with zero attached hydrogens (tertiary/aromatic N) is 1. The molecule has 0 aliphatic carbocycles. The summed E-state index contributed by atoms with van der Waals surface area (Å²) in [6.07, 6.45) is 3.09. The molecule has 0 saturated carbocycles. The first kappa shape index (κ1) is 20.3. The van der Waals surface area contributed by atoms with Crippen LogP contribution in [0.25, 0.3) is 6.08 Å². The van der Waals surface area contributed by atoms with Gasteiger partial charge in [0.15, 0.2) is 0 Å². The minimum atomic E-state index is -3.46. The molecule has 0 bridgehead atoms. The molecule has 0 unspecified atom stereocenters. The van der Waals surface area contributed by atoms with Crippen LogP contribution in [0.15, 0.2) is 35.2 Å². The lowest BCUT2D eigenvalue weighted by Crippen LogP contribution is -2.35. The average molecular weight is 356 g/mol. The summed E-state index contributed by atoms with van der Waals surface area (Å²) in [5, 5.41) is 0. The molecule has 7 nitrogen and oxygen atoms in total. The van der Waals surface area contributed by atoms with E-state index in [2.05, 4.69) is 4.72 Å². The molecule has 0 fully saturated rings. The van der Waals surface area contributed by atoms with E-state index in [4.69, 9.17) is 9.47 Å². The number of rotatable bonds is 10. The maximum Gasteiger partial charge on any atom is 0.246 e. The van der Waals surface area contributed by atoms with Crippen LogP contribution in [-0.4, -0.2) is 66.8 Å². The molecular weight excluding hydrogens is 332 g/mol. The lowest BCUT2D eigenvalue weighted by atomic mass is 10.2. The van der Waals surface area contributed by atoms with E-state index >= 15 is 0 Å². The van der Waals surface area contributed by atoms with Crippen LogP contribution in [0.1, 0.15) is 5.56 Å². The van der Waals surface area contributed by atoms with Crippen molar-refractivity contribution in [2.75, 3.05) is 47.6 Å². The van der Waals surface area contributed by atoms with E-state index in [1.165, 1.54) is 25.3 Å². The summed E-state index contributed by atoms with van der Waals surface area (Å²) in [4.78, 5) is 14.0. The quantitative estimate of drug-likeness (QED) is 0.625. The van der Waals surface area contributed by atoms with Gasteiger partial charge in [-0.2, -0.15) is 0 Å². The highest BCUT2D eigenvalue weighted by Crippen LogP contribution is 2.11. The van der Waals surface area contributed by atoms with Crippen LogP contribution >= 0.6 is 0 Å². The van der Waals surface area contributed by atoms with Crippen LogP contribution in [-0.2, 0) is 24.3 Å². The van der Waals surface area contributed by atoms with Crippen molar-refractivity contribution in [2.45, 2.75) is 4.90 Å². The average Bonchev–Trinajstić information content (AvgIpc) is 2.60. The SMILES string of the molecule is CNS(=O)(=O)c1ccc(/C=C/C(=O)N(CCOC)CCOC)cc1. The molecule has 8 heteroatoms. The largest absolute Gasteiger partial charge is 0.383 e. The molecule has 0 saturated heterocycles. The van der Waals surface area contributed by atoms with Gasteiger partial charge in [0.25, 0.3) is 0 Å². The van der Waals surface area contributed by atoms with Gasteiger partial charge in [0.05, 0.1) is 18.1 Å². The van der Waals surface area contributed by atoms with Crippen molar-refractivity contribution in [3.63, 3.8) is 0 Å². The van der Waals surface area contributed by atoms with Crippen molar-refractivity contribution in [3.8, 4) is 0 Å². The number of methoxy groups -OCH3 is 2. The molecule has 1 rings (SSSR count). The number of amides is 1. The van der Waals surface area contributed by atoms with E-state index in [-0.39, 0.29) is 10.8 Å². The smallest absolute Gasteiger partial charge is 0.246 e. The Labute approximate surface area is 143 Å². The highest BCUT2D eigenvalue weighted by atomic mass is 32.2. The lowest BCUT2D eigenvalue weighted by Gasteiger charge is -2.20. The van der Waals surface area contributed by atoms with Gasteiger partial charge in [-0.25, -0.2) is 13.1 Å². The highest BCUT2D eigenvalue weighted by molar-refractivity contribution is 7.89. The fraction of sp³-hybridized carbons (Fsp3) is 0.438. The Morgan fingerprint density at radius 1 is 1.12 bits per heavy atom. The van der Waals surface area contributed by atoms with Crippen LogP contribution in [0, 0.1) is 0 Å². The number of benzene rings is 1. The highest BCUT2D eigenvalue weighted by Gasteiger charge is 2.11. The Bertz CT molecular complexity index is 633. The van der Waals surface area contributed by atoms with E-state index < -0.39 is 10.0 Å². The van der Waals surface area contributed by atoms with Crippen molar-refractivity contribution in [2.24, 2.45) is 0 Å². The van der Waals surface area contributed by atoms with Gasteiger partial charge in [-0.1, -0.05) is 12.1 Å². The number of ether oxygens (including phenoxy) is 2. The maximum atomic E-state index is 12.2. The summed E-state index contributed by atoms with van der Waals surface area (Å²) < 4.78 is 35.6. The zero-order valence-corrected chi connectivity index (χ0v) is 15.0. The Balaban J connectivity index is 2.76. The Morgan fingerprint density at radius 2 is 1.67 bits per heavy atom. The van der Waals surface area contributed by atoms with Gasteiger partial charge in [0.1, 0.15) is 0 Å². The number of carbonyl (C=O) groups is 1. The molecule has 0 radical (unpaired) electrons. The number of nitrogens with one attached hydrogen (secondary N) is 1. The molecule has 0 aromatic heterocycles. The Hall–Kier alpha value is -1.74. The van der Waals surface area contributed by atoms with E-state index in [9.17, 15) is 13.2 Å². The predicted octanol–water partition coefficient (Wildman–Crippen LogP) is 0.729. The van der Waals surface area contributed by atoms with Gasteiger partial charge < -0.3 is 14.4 Å². The molecule has 134 valence electrons. The van der Waals surface area contributed by atoms with Crippen LogP contribution < -0.4 is 4.72 Å². The standard InChI is InChI=1S/C16H24N2O5S/c1-17-24(20,21)15-7-4-14(5-8-15)6-9-16(19)18(10-12-22-2)11-13-23-3/h4-9,17H,10-13H2,1-3H3/b9-6+. The van der Waals surface area contributed by atoms with Gasteiger partial charge >= 0.3 is 0 Å². The van der Waals surface area contributed by atoms with Gasteiger partial charge in [-0.3, -0.25) is 4.79 Å². The Kier molecular flexibility index (Phi) is 8.62. The van der Waals surface area contributed by atoms with Gasteiger partial charge in [-0.15, -0.1) is 0 Å². The lowest BCUT2D eigenvalue weighted by molar-refractivity contribution is -0.127. The zero-order valence-electron chi connectivity index (χ0n) is 14.2. The van der Waals surface area contributed by atoms with Crippen LogP contribution in [0.2, 0.25) is 0 Å². The first-order valence-electron chi connectivity index (χ1n) is 7.43. The first-order valence-corrected chi connectivity index (χ1v) is 8.91. The third kappa shape index (κ3) is 6.40. The first-order chi connectivity index (χ1) is 11.4. The molecule has 1 amide bonds. The zero-order chi connectivity index (χ0) is 18.0.